The van der Waals surface area contributed by atoms with Crippen LogP contribution in [0.25, 0.3) is 0 Å². The Balaban J connectivity index is 1.84. The predicted octanol–water partition coefficient (Wildman–Crippen LogP) is 3.20. The van der Waals surface area contributed by atoms with E-state index in [4.69, 9.17) is 5.73 Å². The van der Waals surface area contributed by atoms with Gasteiger partial charge in [0.05, 0.1) is 0 Å². The average molecular weight is 258 g/mol. The molecule has 0 radical (unpaired) electrons. The molecule has 0 bridgehead atoms. The van der Waals surface area contributed by atoms with Crippen LogP contribution in [0.3, 0.4) is 0 Å². The monoisotopic (exact) mass is 258 g/mol. The van der Waals surface area contributed by atoms with E-state index >= 15 is 0 Å². The second kappa shape index (κ2) is 5.16. The van der Waals surface area contributed by atoms with E-state index in [1.165, 1.54) is 49.9 Å². The molecule has 2 heteroatoms. The van der Waals surface area contributed by atoms with Crippen LogP contribution in [0.4, 0.5) is 5.69 Å². The molecule has 0 aromatic heterocycles. The van der Waals surface area contributed by atoms with Crippen LogP contribution in [0.2, 0.25) is 0 Å². The average Bonchev–Trinajstić information content (AvgIpc) is 2.88. The van der Waals surface area contributed by atoms with E-state index in [0.29, 0.717) is 5.41 Å². The SMILES string of the molecule is CC1Cc2ccccc2N(CC2(CN)CCCC2)C1. The maximum absolute atomic E-state index is 6.11. The number of nitrogens with two attached hydrogens (primary N) is 1. The van der Waals surface area contributed by atoms with Gasteiger partial charge in [0.2, 0.25) is 0 Å². The fourth-order valence-electron chi connectivity index (χ4n) is 4.01. The van der Waals surface area contributed by atoms with Crippen LogP contribution >= 0.6 is 0 Å². The van der Waals surface area contributed by atoms with E-state index < -0.39 is 0 Å². The van der Waals surface area contributed by atoms with Crippen LogP contribution < -0.4 is 10.6 Å². The second-order valence-corrected chi connectivity index (χ2v) is 6.73. The van der Waals surface area contributed by atoms with Gasteiger partial charge in [-0.1, -0.05) is 38.0 Å². The van der Waals surface area contributed by atoms with Crippen LogP contribution in [-0.4, -0.2) is 19.6 Å². The van der Waals surface area contributed by atoms with Crippen molar-refractivity contribution < 1.29 is 0 Å². The van der Waals surface area contributed by atoms with Crippen LogP contribution in [0, 0.1) is 11.3 Å². The summed E-state index contributed by atoms with van der Waals surface area (Å²) in [4.78, 5) is 2.61. The highest BCUT2D eigenvalue weighted by atomic mass is 15.2. The number of anilines is 1. The number of hydrogen-bond donors (Lipinski definition) is 1. The summed E-state index contributed by atoms with van der Waals surface area (Å²) in [6.45, 7) is 5.57. The molecule has 3 rings (SSSR count). The summed E-state index contributed by atoms with van der Waals surface area (Å²) in [6.07, 6.45) is 6.58. The van der Waals surface area contributed by atoms with Gasteiger partial charge in [0.15, 0.2) is 0 Å². The van der Waals surface area contributed by atoms with Crippen molar-refractivity contribution in [1.29, 1.82) is 0 Å². The summed E-state index contributed by atoms with van der Waals surface area (Å²) in [5.41, 5.74) is 9.47. The number of fused-ring (bicyclic) bond motifs is 1. The standard InChI is InChI=1S/C17H26N2/c1-14-10-15-6-2-3-7-16(15)19(11-14)13-17(12-18)8-4-5-9-17/h2-3,6-7,14H,4-5,8-13,18H2,1H3. The molecule has 1 aromatic carbocycles. The second-order valence-electron chi connectivity index (χ2n) is 6.73. The van der Waals surface area contributed by atoms with Crippen LogP contribution in [0.1, 0.15) is 38.2 Å². The maximum atomic E-state index is 6.11. The summed E-state index contributed by atoms with van der Waals surface area (Å²) in [7, 11) is 0. The van der Waals surface area contributed by atoms with Crippen LogP contribution in [-0.2, 0) is 6.42 Å². The smallest absolute Gasteiger partial charge is 0.0399 e. The van der Waals surface area contributed by atoms with Gasteiger partial charge in [0.25, 0.3) is 0 Å². The van der Waals surface area contributed by atoms with Gasteiger partial charge in [0, 0.05) is 24.2 Å². The molecule has 1 unspecified atom stereocenters. The number of rotatable bonds is 3. The van der Waals surface area contributed by atoms with E-state index in [1.54, 1.807) is 0 Å². The first kappa shape index (κ1) is 13.0. The van der Waals surface area contributed by atoms with Crippen molar-refractivity contribution in [3.63, 3.8) is 0 Å². The maximum Gasteiger partial charge on any atom is 0.0399 e. The van der Waals surface area contributed by atoms with E-state index in [0.717, 1.165) is 19.0 Å². The minimum absolute atomic E-state index is 0.379. The molecule has 1 aliphatic carbocycles. The summed E-state index contributed by atoms with van der Waals surface area (Å²) in [5.74, 6) is 0.756. The van der Waals surface area contributed by atoms with Crippen molar-refractivity contribution in [1.82, 2.24) is 0 Å². The fraction of sp³-hybridized carbons (Fsp3) is 0.647. The Morgan fingerprint density at radius 3 is 2.74 bits per heavy atom. The molecule has 1 fully saturated rings. The van der Waals surface area contributed by atoms with Gasteiger partial charge < -0.3 is 10.6 Å². The van der Waals surface area contributed by atoms with Crippen LogP contribution in [0.5, 0.6) is 0 Å². The Kier molecular flexibility index (Phi) is 3.53. The highest BCUT2D eigenvalue weighted by Gasteiger charge is 2.36. The Morgan fingerprint density at radius 2 is 2.00 bits per heavy atom. The third-order valence-electron chi connectivity index (χ3n) is 5.06. The molecule has 104 valence electrons. The lowest BCUT2D eigenvalue weighted by atomic mass is 9.84. The van der Waals surface area contributed by atoms with Crippen molar-refractivity contribution in [2.45, 2.75) is 39.0 Å². The minimum Gasteiger partial charge on any atom is -0.370 e. The quantitative estimate of drug-likeness (QED) is 0.902. The van der Waals surface area contributed by atoms with Crippen molar-refractivity contribution in [3.8, 4) is 0 Å². The van der Waals surface area contributed by atoms with Crippen LogP contribution in [0.15, 0.2) is 24.3 Å². The molecule has 2 N–H and O–H groups in total. The summed E-state index contributed by atoms with van der Waals surface area (Å²) < 4.78 is 0. The molecule has 1 atom stereocenters. The zero-order valence-electron chi connectivity index (χ0n) is 12.1. The number of nitrogens with zero attached hydrogens (tertiary/aromatic N) is 1. The number of para-hydroxylation sites is 1. The molecule has 1 aliphatic heterocycles. The highest BCUT2D eigenvalue weighted by Crippen LogP contribution is 2.40. The molecule has 1 heterocycles. The lowest BCUT2D eigenvalue weighted by Gasteiger charge is -2.41. The van der Waals surface area contributed by atoms with Gasteiger partial charge in [-0.3, -0.25) is 0 Å². The predicted molar refractivity (Wildman–Crippen MR) is 81.5 cm³/mol. The third kappa shape index (κ3) is 2.51. The van der Waals surface area contributed by atoms with Crippen molar-refractivity contribution in [2.24, 2.45) is 17.1 Å². The zero-order chi connectivity index (χ0) is 13.3. The molecule has 0 spiro atoms. The normalized spacial score (nSPS) is 25.4. The minimum atomic E-state index is 0.379. The van der Waals surface area contributed by atoms with Gasteiger partial charge in [-0.2, -0.15) is 0 Å². The van der Waals surface area contributed by atoms with Gasteiger partial charge in [-0.15, -0.1) is 0 Å². The highest BCUT2D eigenvalue weighted by molar-refractivity contribution is 5.56. The summed E-state index contributed by atoms with van der Waals surface area (Å²) >= 11 is 0. The Bertz CT molecular complexity index is 435. The third-order valence-corrected chi connectivity index (χ3v) is 5.06. The van der Waals surface area contributed by atoms with Gasteiger partial charge in [-0.05, 0) is 43.4 Å². The van der Waals surface area contributed by atoms with E-state index in [9.17, 15) is 0 Å². The summed E-state index contributed by atoms with van der Waals surface area (Å²) in [5, 5.41) is 0. The first-order chi connectivity index (χ1) is 9.22. The van der Waals surface area contributed by atoms with E-state index in [1.807, 2.05) is 0 Å². The van der Waals surface area contributed by atoms with E-state index in [2.05, 4.69) is 36.1 Å². The fourth-order valence-corrected chi connectivity index (χ4v) is 4.01. The largest absolute Gasteiger partial charge is 0.370 e. The molecule has 0 amide bonds. The first-order valence-corrected chi connectivity index (χ1v) is 7.75. The Labute approximate surface area is 117 Å². The molecule has 2 aliphatic rings. The Morgan fingerprint density at radius 1 is 1.26 bits per heavy atom. The topological polar surface area (TPSA) is 29.3 Å². The van der Waals surface area contributed by atoms with Crippen molar-refractivity contribution in [2.75, 3.05) is 24.5 Å². The molecule has 1 aromatic rings. The molecule has 1 saturated carbocycles. The zero-order valence-corrected chi connectivity index (χ0v) is 12.1. The molecule has 0 saturated heterocycles. The number of hydrogen-bond acceptors (Lipinski definition) is 2. The molecular formula is C17H26N2. The van der Waals surface area contributed by atoms with Crippen molar-refractivity contribution in [3.05, 3.63) is 29.8 Å². The van der Waals surface area contributed by atoms with E-state index in [-0.39, 0.29) is 0 Å². The molecular weight excluding hydrogens is 232 g/mol. The molecule has 2 nitrogen and oxygen atoms in total. The molecule has 19 heavy (non-hydrogen) atoms. The van der Waals surface area contributed by atoms with Gasteiger partial charge in [0.1, 0.15) is 0 Å². The number of benzene rings is 1. The van der Waals surface area contributed by atoms with Gasteiger partial charge >= 0.3 is 0 Å². The summed E-state index contributed by atoms with van der Waals surface area (Å²) in [6, 6.07) is 8.93. The lowest BCUT2D eigenvalue weighted by Crippen LogP contribution is -2.44. The van der Waals surface area contributed by atoms with Gasteiger partial charge in [-0.25, -0.2) is 0 Å². The van der Waals surface area contributed by atoms with Crippen molar-refractivity contribution >= 4 is 5.69 Å². The lowest BCUT2D eigenvalue weighted by molar-refractivity contribution is 0.303. The first-order valence-electron chi connectivity index (χ1n) is 7.75. The Hall–Kier alpha value is -1.02.